The van der Waals surface area contributed by atoms with Crippen molar-refractivity contribution < 1.29 is 9.47 Å². The van der Waals surface area contributed by atoms with Crippen molar-refractivity contribution >= 4 is 0 Å². The van der Waals surface area contributed by atoms with Gasteiger partial charge in [-0.15, -0.1) is 0 Å². The van der Waals surface area contributed by atoms with Crippen molar-refractivity contribution in [3.63, 3.8) is 0 Å². The topological polar surface area (TPSA) is 30.5 Å². The lowest BCUT2D eigenvalue weighted by molar-refractivity contribution is 0.0773. The van der Waals surface area contributed by atoms with Gasteiger partial charge in [-0.3, -0.25) is 0 Å². The number of rotatable bonds is 3. The highest BCUT2D eigenvalue weighted by molar-refractivity contribution is 5.39. The first-order chi connectivity index (χ1) is 10.2. The molecule has 1 aliphatic heterocycles. The largest absolute Gasteiger partial charge is 0.489 e. The SMILES string of the molecule is CNC1c2ccccc2OCC1Oc1ccc(C)c(C)c1. The molecule has 3 rings (SSSR count). The minimum absolute atomic E-state index is 0.0352. The van der Waals surface area contributed by atoms with Crippen LogP contribution in [0.2, 0.25) is 0 Å². The van der Waals surface area contributed by atoms with Gasteiger partial charge < -0.3 is 14.8 Å². The van der Waals surface area contributed by atoms with Gasteiger partial charge in [-0.2, -0.15) is 0 Å². The predicted molar refractivity (Wildman–Crippen MR) is 84.1 cm³/mol. The van der Waals surface area contributed by atoms with Crippen LogP contribution in [0.1, 0.15) is 22.7 Å². The summed E-state index contributed by atoms with van der Waals surface area (Å²) in [5.74, 6) is 1.84. The second-order valence-electron chi connectivity index (χ2n) is 5.52. The number of aryl methyl sites for hydroxylation is 2. The lowest BCUT2D eigenvalue weighted by atomic mass is 9.98. The van der Waals surface area contributed by atoms with Gasteiger partial charge in [-0.25, -0.2) is 0 Å². The molecular weight excluding hydrogens is 262 g/mol. The third-order valence-electron chi connectivity index (χ3n) is 4.11. The number of hydrogen-bond acceptors (Lipinski definition) is 3. The zero-order valence-corrected chi connectivity index (χ0v) is 12.7. The summed E-state index contributed by atoms with van der Waals surface area (Å²) in [5.41, 5.74) is 3.67. The lowest BCUT2D eigenvalue weighted by Gasteiger charge is -2.33. The van der Waals surface area contributed by atoms with Crippen LogP contribution in [0.25, 0.3) is 0 Å². The molecule has 3 heteroatoms. The monoisotopic (exact) mass is 283 g/mol. The van der Waals surface area contributed by atoms with Gasteiger partial charge in [-0.1, -0.05) is 24.3 Å². The van der Waals surface area contributed by atoms with Gasteiger partial charge in [0.05, 0.1) is 6.04 Å². The first kappa shape index (κ1) is 14.0. The van der Waals surface area contributed by atoms with E-state index in [1.165, 1.54) is 11.1 Å². The van der Waals surface area contributed by atoms with Crippen molar-refractivity contribution in [1.29, 1.82) is 0 Å². The highest BCUT2D eigenvalue weighted by atomic mass is 16.5. The number of ether oxygens (including phenoxy) is 2. The molecule has 2 atom stereocenters. The average molecular weight is 283 g/mol. The summed E-state index contributed by atoms with van der Waals surface area (Å²) in [6, 6.07) is 14.5. The molecule has 0 bridgehead atoms. The Balaban J connectivity index is 1.84. The number of benzene rings is 2. The van der Waals surface area contributed by atoms with Crippen molar-refractivity contribution in [2.45, 2.75) is 26.0 Å². The maximum atomic E-state index is 6.16. The Hall–Kier alpha value is -2.00. The molecule has 0 aromatic heterocycles. The molecular formula is C18H21NO2. The van der Waals surface area contributed by atoms with E-state index in [1.54, 1.807) is 0 Å². The Labute approximate surface area is 125 Å². The summed E-state index contributed by atoms with van der Waals surface area (Å²) < 4.78 is 12.0. The van der Waals surface area contributed by atoms with Gasteiger partial charge in [0, 0.05) is 5.56 Å². The van der Waals surface area contributed by atoms with E-state index in [-0.39, 0.29) is 12.1 Å². The summed E-state index contributed by atoms with van der Waals surface area (Å²) in [6.07, 6.45) is -0.0352. The first-order valence-corrected chi connectivity index (χ1v) is 7.32. The molecule has 0 saturated carbocycles. The number of likely N-dealkylation sites (N-methyl/N-ethyl adjacent to an activating group) is 1. The summed E-state index contributed by atoms with van der Waals surface area (Å²) in [5, 5.41) is 3.35. The van der Waals surface area contributed by atoms with E-state index in [9.17, 15) is 0 Å². The number of nitrogens with one attached hydrogen (secondary N) is 1. The molecule has 0 fully saturated rings. The molecule has 1 aliphatic rings. The van der Waals surface area contributed by atoms with E-state index in [0.29, 0.717) is 6.61 Å². The second-order valence-corrected chi connectivity index (χ2v) is 5.52. The fourth-order valence-electron chi connectivity index (χ4n) is 2.74. The first-order valence-electron chi connectivity index (χ1n) is 7.32. The standard InChI is InChI=1S/C18H21NO2/c1-12-8-9-14(10-13(12)2)21-17-11-20-16-7-5-4-6-15(16)18(17)19-3/h4-10,17-19H,11H2,1-3H3. The van der Waals surface area contributed by atoms with E-state index in [2.05, 4.69) is 37.4 Å². The second kappa shape index (κ2) is 5.78. The van der Waals surface area contributed by atoms with Crippen LogP contribution < -0.4 is 14.8 Å². The third-order valence-corrected chi connectivity index (χ3v) is 4.11. The van der Waals surface area contributed by atoms with E-state index >= 15 is 0 Å². The fourth-order valence-corrected chi connectivity index (χ4v) is 2.74. The quantitative estimate of drug-likeness (QED) is 0.936. The molecule has 0 radical (unpaired) electrons. The number of para-hydroxylation sites is 1. The zero-order valence-electron chi connectivity index (χ0n) is 12.7. The van der Waals surface area contributed by atoms with Gasteiger partial charge in [-0.05, 0) is 50.2 Å². The molecule has 110 valence electrons. The molecule has 0 amide bonds. The van der Waals surface area contributed by atoms with Gasteiger partial charge in [0.15, 0.2) is 6.10 Å². The van der Waals surface area contributed by atoms with Gasteiger partial charge in [0.25, 0.3) is 0 Å². The Kier molecular flexibility index (Phi) is 3.84. The van der Waals surface area contributed by atoms with Crippen LogP contribution >= 0.6 is 0 Å². The molecule has 1 N–H and O–H groups in total. The van der Waals surface area contributed by atoms with E-state index in [1.807, 2.05) is 31.3 Å². The van der Waals surface area contributed by atoms with Gasteiger partial charge >= 0.3 is 0 Å². The molecule has 0 aliphatic carbocycles. The normalized spacial score (nSPS) is 20.5. The lowest BCUT2D eigenvalue weighted by Crippen LogP contribution is -2.41. The smallest absolute Gasteiger partial charge is 0.152 e. The summed E-state index contributed by atoms with van der Waals surface area (Å²) in [4.78, 5) is 0. The van der Waals surface area contributed by atoms with Crippen LogP contribution in [0.15, 0.2) is 42.5 Å². The van der Waals surface area contributed by atoms with Crippen molar-refractivity contribution in [1.82, 2.24) is 5.32 Å². The molecule has 2 aromatic rings. The number of fused-ring (bicyclic) bond motifs is 1. The van der Waals surface area contributed by atoms with Crippen LogP contribution in [-0.2, 0) is 0 Å². The molecule has 21 heavy (non-hydrogen) atoms. The summed E-state index contributed by atoms with van der Waals surface area (Å²) in [7, 11) is 1.96. The van der Waals surface area contributed by atoms with Crippen LogP contribution in [-0.4, -0.2) is 19.8 Å². The van der Waals surface area contributed by atoms with Crippen LogP contribution in [0.3, 0.4) is 0 Å². The molecule has 2 unspecified atom stereocenters. The minimum Gasteiger partial charge on any atom is -0.489 e. The van der Waals surface area contributed by atoms with E-state index < -0.39 is 0 Å². The maximum Gasteiger partial charge on any atom is 0.152 e. The molecule has 3 nitrogen and oxygen atoms in total. The highest BCUT2D eigenvalue weighted by Crippen LogP contribution is 2.33. The Morgan fingerprint density at radius 3 is 2.67 bits per heavy atom. The molecule has 1 heterocycles. The van der Waals surface area contributed by atoms with Crippen molar-refractivity contribution in [3.05, 3.63) is 59.2 Å². The minimum atomic E-state index is -0.0352. The summed E-state index contributed by atoms with van der Waals surface area (Å²) in [6.45, 7) is 4.76. The average Bonchev–Trinajstić information content (AvgIpc) is 2.51. The van der Waals surface area contributed by atoms with Crippen molar-refractivity contribution in [2.24, 2.45) is 0 Å². The Bertz CT molecular complexity index is 639. The fraction of sp³-hybridized carbons (Fsp3) is 0.333. The van der Waals surface area contributed by atoms with E-state index in [0.717, 1.165) is 17.1 Å². The van der Waals surface area contributed by atoms with E-state index in [4.69, 9.17) is 9.47 Å². The molecule has 0 spiro atoms. The Morgan fingerprint density at radius 1 is 1.10 bits per heavy atom. The van der Waals surface area contributed by atoms with Gasteiger partial charge in [0.2, 0.25) is 0 Å². The Morgan fingerprint density at radius 2 is 1.90 bits per heavy atom. The number of hydrogen-bond donors (Lipinski definition) is 1. The summed E-state index contributed by atoms with van der Waals surface area (Å²) >= 11 is 0. The van der Waals surface area contributed by atoms with Crippen LogP contribution in [0.5, 0.6) is 11.5 Å². The maximum absolute atomic E-state index is 6.16. The molecule has 0 saturated heterocycles. The van der Waals surface area contributed by atoms with Crippen molar-refractivity contribution in [2.75, 3.05) is 13.7 Å². The van der Waals surface area contributed by atoms with Crippen molar-refractivity contribution in [3.8, 4) is 11.5 Å². The zero-order chi connectivity index (χ0) is 14.8. The highest BCUT2D eigenvalue weighted by Gasteiger charge is 2.31. The van der Waals surface area contributed by atoms with Gasteiger partial charge in [0.1, 0.15) is 18.1 Å². The van der Waals surface area contributed by atoms with Crippen LogP contribution in [0.4, 0.5) is 0 Å². The molecule has 2 aromatic carbocycles. The van der Waals surface area contributed by atoms with Crippen LogP contribution in [0, 0.1) is 13.8 Å². The third kappa shape index (κ3) is 2.74. The predicted octanol–water partition coefficient (Wildman–Crippen LogP) is 3.40.